The van der Waals surface area contributed by atoms with Gasteiger partial charge in [0.25, 0.3) is 0 Å². The molecule has 4 rings (SSSR count). The number of rotatable bonds is 8. The Morgan fingerprint density at radius 3 is 2.30 bits per heavy atom. The average Bonchev–Trinajstić information content (AvgIpc) is 3.45. The maximum atomic E-state index is 14.9. The molecule has 0 saturated heterocycles. The van der Waals surface area contributed by atoms with Gasteiger partial charge in [-0.15, -0.1) is 0 Å². The van der Waals surface area contributed by atoms with Crippen molar-refractivity contribution in [2.45, 2.75) is 89.7 Å². The summed E-state index contributed by atoms with van der Waals surface area (Å²) < 4.78 is 36.8. The molecule has 2 bridgehead atoms. The standard InChI is InChI=1S/C28H40FNO7/c1-28(2,3)37-26(32)15-8-10-18(11-9-15)36-22-13-19(21(34-4)14-20(22)29)25(31)30-24-17-7-6-16(12-17)23(24)27(33)35-5/h13-18,23-25,30-31H,6-12H2,1-5H3/t15-,16-,17+,18+,23+,24-,25?/m1/s1. The molecule has 5 atom stereocenters. The van der Waals surface area contributed by atoms with Crippen molar-refractivity contribution in [2.24, 2.45) is 23.7 Å². The maximum absolute atomic E-state index is 14.9. The topological polar surface area (TPSA) is 103 Å². The number of methoxy groups -OCH3 is 2. The summed E-state index contributed by atoms with van der Waals surface area (Å²) in [6, 6.07) is 2.44. The molecule has 9 heteroatoms. The second-order valence-corrected chi connectivity index (χ2v) is 11.6. The highest BCUT2D eigenvalue weighted by atomic mass is 19.1. The minimum atomic E-state index is -1.18. The van der Waals surface area contributed by atoms with Gasteiger partial charge in [-0.3, -0.25) is 14.9 Å². The number of fused-ring (bicyclic) bond motifs is 2. The van der Waals surface area contributed by atoms with Crippen LogP contribution >= 0.6 is 0 Å². The van der Waals surface area contributed by atoms with Gasteiger partial charge in [-0.25, -0.2) is 4.39 Å². The van der Waals surface area contributed by atoms with Gasteiger partial charge >= 0.3 is 11.9 Å². The van der Waals surface area contributed by atoms with Crippen molar-refractivity contribution in [2.75, 3.05) is 14.2 Å². The third-order valence-corrected chi connectivity index (χ3v) is 8.03. The van der Waals surface area contributed by atoms with E-state index in [9.17, 15) is 19.1 Å². The van der Waals surface area contributed by atoms with Crippen molar-refractivity contribution in [1.82, 2.24) is 5.32 Å². The van der Waals surface area contributed by atoms with Crippen LogP contribution in [-0.4, -0.2) is 49.0 Å². The summed E-state index contributed by atoms with van der Waals surface area (Å²) in [5, 5.41) is 14.3. The molecule has 2 N–H and O–H groups in total. The van der Waals surface area contributed by atoms with Crippen molar-refractivity contribution in [3.8, 4) is 11.5 Å². The molecule has 206 valence electrons. The number of carbonyl (C=O) groups is 2. The molecule has 3 saturated carbocycles. The monoisotopic (exact) mass is 521 g/mol. The lowest BCUT2D eigenvalue weighted by molar-refractivity contribution is -0.161. The summed E-state index contributed by atoms with van der Waals surface area (Å²) in [7, 11) is 2.80. The predicted molar refractivity (Wildman–Crippen MR) is 133 cm³/mol. The lowest BCUT2D eigenvalue weighted by Crippen LogP contribution is -2.46. The fourth-order valence-corrected chi connectivity index (χ4v) is 6.29. The Morgan fingerprint density at radius 2 is 1.68 bits per heavy atom. The first-order valence-corrected chi connectivity index (χ1v) is 13.3. The Morgan fingerprint density at radius 1 is 1.00 bits per heavy atom. The third-order valence-electron chi connectivity index (χ3n) is 8.03. The van der Waals surface area contributed by atoms with Crippen LogP contribution in [0, 0.1) is 29.5 Å². The number of esters is 2. The normalized spacial score (nSPS) is 30.0. The van der Waals surface area contributed by atoms with Gasteiger partial charge in [0.15, 0.2) is 11.6 Å². The van der Waals surface area contributed by atoms with Crippen LogP contribution in [0.2, 0.25) is 0 Å². The van der Waals surface area contributed by atoms with Gasteiger partial charge < -0.3 is 24.1 Å². The summed E-state index contributed by atoms with van der Waals surface area (Å²) in [4.78, 5) is 24.8. The maximum Gasteiger partial charge on any atom is 0.310 e. The molecule has 1 unspecified atom stereocenters. The SMILES string of the molecule is COC(=O)[C@H]1[C@@H]2CC[C@@H](C2)[C@H]1NC(O)c1cc(O[C@H]2CC[C@@H](C(=O)OC(C)(C)C)CC2)c(F)cc1OC. The van der Waals surface area contributed by atoms with Crippen molar-refractivity contribution in [3.05, 3.63) is 23.5 Å². The largest absolute Gasteiger partial charge is 0.496 e. The number of hydrogen-bond donors (Lipinski definition) is 2. The highest BCUT2D eigenvalue weighted by molar-refractivity contribution is 5.74. The van der Waals surface area contributed by atoms with Crippen molar-refractivity contribution in [1.29, 1.82) is 0 Å². The van der Waals surface area contributed by atoms with E-state index in [1.165, 1.54) is 26.4 Å². The molecule has 0 heterocycles. The summed E-state index contributed by atoms with van der Waals surface area (Å²) in [6.07, 6.45) is 3.85. The van der Waals surface area contributed by atoms with Crippen LogP contribution < -0.4 is 14.8 Å². The van der Waals surface area contributed by atoms with Crippen LogP contribution in [-0.2, 0) is 19.1 Å². The molecule has 0 radical (unpaired) electrons. The first kappa shape index (κ1) is 27.6. The average molecular weight is 522 g/mol. The Kier molecular flexibility index (Phi) is 8.33. The first-order valence-electron chi connectivity index (χ1n) is 13.3. The number of benzene rings is 1. The molecule has 3 fully saturated rings. The smallest absolute Gasteiger partial charge is 0.310 e. The van der Waals surface area contributed by atoms with Crippen molar-refractivity contribution >= 4 is 11.9 Å². The van der Waals surface area contributed by atoms with Gasteiger partial charge in [0.05, 0.1) is 32.2 Å². The molecule has 1 aromatic rings. The van der Waals surface area contributed by atoms with E-state index < -0.39 is 17.6 Å². The second kappa shape index (κ2) is 11.2. The molecule has 0 aromatic heterocycles. The number of aliphatic hydroxyl groups excluding tert-OH is 1. The zero-order valence-electron chi connectivity index (χ0n) is 22.4. The van der Waals surface area contributed by atoms with E-state index in [-0.39, 0.29) is 59.3 Å². The molecule has 37 heavy (non-hydrogen) atoms. The fraction of sp³-hybridized carbons (Fsp3) is 0.714. The van der Waals surface area contributed by atoms with Gasteiger partial charge in [-0.2, -0.15) is 0 Å². The van der Waals surface area contributed by atoms with E-state index >= 15 is 0 Å². The van der Waals surface area contributed by atoms with E-state index in [4.69, 9.17) is 18.9 Å². The number of halogens is 1. The zero-order valence-corrected chi connectivity index (χ0v) is 22.4. The first-order chi connectivity index (χ1) is 17.5. The molecule has 8 nitrogen and oxygen atoms in total. The molecule has 3 aliphatic carbocycles. The van der Waals surface area contributed by atoms with Gasteiger partial charge in [-0.1, -0.05) is 0 Å². The fourth-order valence-electron chi connectivity index (χ4n) is 6.29. The molecule has 0 spiro atoms. The minimum absolute atomic E-state index is 0.0230. The number of ether oxygens (including phenoxy) is 4. The van der Waals surface area contributed by atoms with Crippen LogP contribution in [0.15, 0.2) is 12.1 Å². The van der Waals surface area contributed by atoms with E-state index in [1.807, 2.05) is 20.8 Å². The van der Waals surface area contributed by atoms with Crippen molar-refractivity contribution in [3.63, 3.8) is 0 Å². The Hall–Kier alpha value is -2.39. The number of nitrogens with one attached hydrogen (secondary N) is 1. The second-order valence-electron chi connectivity index (χ2n) is 11.6. The quantitative estimate of drug-likeness (QED) is 0.386. The Balaban J connectivity index is 1.43. The minimum Gasteiger partial charge on any atom is -0.496 e. The zero-order chi connectivity index (χ0) is 26.9. The van der Waals surface area contributed by atoms with Gasteiger partial charge in [0, 0.05) is 17.7 Å². The van der Waals surface area contributed by atoms with Crippen LogP contribution in [0.4, 0.5) is 4.39 Å². The van der Waals surface area contributed by atoms with Crippen molar-refractivity contribution < 1.29 is 38.0 Å². The van der Waals surface area contributed by atoms with Crippen LogP contribution in [0.1, 0.15) is 77.5 Å². The summed E-state index contributed by atoms with van der Waals surface area (Å²) in [5.74, 6) is -0.844. The van der Waals surface area contributed by atoms with E-state index in [0.29, 0.717) is 31.2 Å². The lowest BCUT2D eigenvalue weighted by atomic mass is 9.84. The molecular weight excluding hydrogens is 481 g/mol. The Bertz CT molecular complexity index is 985. The Labute approximate surface area is 218 Å². The number of aliphatic hydroxyl groups is 1. The summed E-state index contributed by atoms with van der Waals surface area (Å²) in [5.41, 5.74) is -0.190. The van der Waals surface area contributed by atoms with Crippen LogP contribution in [0.5, 0.6) is 11.5 Å². The van der Waals surface area contributed by atoms with Crippen LogP contribution in [0.3, 0.4) is 0 Å². The number of hydrogen-bond acceptors (Lipinski definition) is 8. The lowest BCUT2D eigenvalue weighted by Gasteiger charge is -2.32. The predicted octanol–water partition coefficient (Wildman–Crippen LogP) is 4.28. The number of carbonyl (C=O) groups excluding carboxylic acids is 2. The van der Waals surface area contributed by atoms with E-state index in [1.54, 1.807) is 0 Å². The summed E-state index contributed by atoms with van der Waals surface area (Å²) >= 11 is 0. The molecular formula is C28H40FNO7. The molecule has 0 aliphatic heterocycles. The van der Waals surface area contributed by atoms with Gasteiger partial charge in [-0.05, 0) is 83.6 Å². The third kappa shape index (κ3) is 6.20. The molecule has 0 amide bonds. The molecule has 3 aliphatic rings. The highest BCUT2D eigenvalue weighted by Gasteiger charge is 2.52. The van der Waals surface area contributed by atoms with E-state index in [2.05, 4.69) is 5.32 Å². The highest BCUT2D eigenvalue weighted by Crippen LogP contribution is 2.49. The van der Waals surface area contributed by atoms with Crippen LogP contribution in [0.25, 0.3) is 0 Å². The van der Waals surface area contributed by atoms with Gasteiger partial charge in [0.2, 0.25) is 0 Å². The molecule has 1 aromatic carbocycles. The summed E-state index contributed by atoms with van der Waals surface area (Å²) in [6.45, 7) is 5.54. The van der Waals surface area contributed by atoms with Gasteiger partial charge in [0.1, 0.15) is 17.6 Å². The van der Waals surface area contributed by atoms with E-state index in [0.717, 1.165) is 19.3 Å².